The Kier molecular flexibility index (Phi) is 9.64. The highest BCUT2D eigenvalue weighted by Gasteiger charge is 2.23. The first-order valence-corrected chi connectivity index (χ1v) is 10.0. The minimum atomic E-state index is -0.392. The van der Waals surface area contributed by atoms with Gasteiger partial charge in [-0.15, -0.1) is 24.0 Å². The molecule has 2 heterocycles. The lowest BCUT2D eigenvalue weighted by Crippen LogP contribution is -2.42. The number of guanidine groups is 1. The van der Waals surface area contributed by atoms with Gasteiger partial charge in [-0.2, -0.15) is 0 Å². The predicted octanol–water partition coefficient (Wildman–Crippen LogP) is 3.49. The molecule has 1 aromatic carbocycles. The van der Waals surface area contributed by atoms with Crippen LogP contribution in [0.4, 0.5) is 0 Å². The Morgan fingerprint density at radius 3 is 2.57 bits per heavy atom. The number of rotatable bonds is 7. The Hall–Kier alpha value is -2.07. The molecule has 0 bridgehead atoms. The molecule has 8 heteroatoms. The van der Waals surface area contributed by atoms with Gasteiger partial charge in [-0.05, 0) is 44.5 Å². The largest absolute Gasteiger partial charge is 0.465 e. The summed E-state index contributed by atoms with van der Waals surface area (Å²) in [4.78, 5) is 18.6. The zero-order valence-corrected chi connectivity index (χ0v) is 20.1. The quantitative estimate of drug-likeness (QED) is 0.249. The minimum Gasteiger partial charge on any atom is -0.465 e. The highest BCUT2D eigenvalue weighted by atomic mass is 127. The van der Waals surface area contributed by atoms with E-state index in [2.05, 4.69) is 44.8 Å². The Bertz CT molecular complexity index is 832. The van der Waals surface area contributed by atoms with Crippen LogP contribution in [0.3, 0.4) is 0 Å². The van der Waals surface area contributed by atoms with Crippen molar-refractivity contribution < 1.29 is 13.9 Å². The molecule has 1 saturated heterocycles. The number of halogens is 1. The molecule has 164 valence electrons. The Labute approximate surface area is 195 Å². The number of furan rings is 1. The van der Waals surface area contributed by atoms with E-state index in [4.69, 9.17) is 9.15 Å². The molecule has 0 spiro atoms. The summed E-state index contributed by atoms with van der Waals surface area (Å²) in [5, 5.41) is 6.69. The lowest BCUT2D eigenvalue weighted by molar-refractivity contribution is 0.0599. The molecule has 0 saturated carbocycles. The van der Waals surface area contributed by atoms with Crippen molar-refractivity contribution in [2.75, 3.05) is 33.8 Å². The van der Waals surface area contributed by atoms with Crippen LogP contribution in [0.5, 0.6) is 0 Å². The number of carbonyl (C=O) groups is 1. The number of carbonyl (C=O) groups excluding carboxylic acids is 1. The third-order valence-electron chi connectivity index (χ3n) is 5.26. The molecule has 0 radical (unpaired) electrons. The molecular formula is C22H31IN4O3. The van der Waals surface area contributed by atoms with Crippen LogP contribution >= 0.6 is 24.0 Å². The molecule has 0 amide bonds. The van der Waals surface area contributed by atoms with Crippen molar-refractivity contribution in [1.82, 2.24) is 15.5 Å². The molecule has 3 rings (SSSR count). The molecule has 2 N–H and O–H groups in total. The Morgan fingerprint density at radius 2 is 1.93 bits per heavy atom. The van der Waals surface area contributed by atoms with Crippen LogP contribution in [0.1, 0.15) is 46.3 Å². The zero-order chi connectivity index (χ0) is 20.6. The summed E-state index contributed by atoms with van der Waals surface area (Å²) in [6.45, 7) is 5.18. The summed E-state index contributed by atoms with van der Waals surface area (Å²) < 4.78 is 10.4. The van der Waals surface area contributed by atoms with E-state index in [1.807, 2.05) is 6.07 Å². The highest BCUT2D eigenvalue weighted by molar-refractivity contribution is 14.0. The van der Waals surface area contributed by atoms with Gasteiger partial charge < -0.3 is 19.8 Å². The van der Waals surface area contributed by atoms with Crippen LogP contribution in [0, 0.1) is 6.92 Å². The third kappa shape index (κ3) is 6.21. The van der Waals surface area contributed by atoms with Crippen LogP contribution in [0.2, 0.25) is 0 Å². The molecule has 7 nitrogen and oxygen atoms in total. The maximum absolute atomic E-state index is 11.7. The van der Waals surface area contributed by atoms with Gasteiger partial charge in [-0.25, -0.2) is 4.79 Å². The Morgan fingerprint density at radius 1 is 1.23 bits per heavy atom. The predicted molar refractivity (Wildman–Crippen MR) is 128 cm³/mol. The number of methoxy groups -OCH3 is 1. The number of hydrogen-bond acceptors (Lipinski definition) is 5. The zero-order valence-electron chi connectivity index (χ0n) is 17.8. The van der Waals surface area contributed by atoms with Crippen LogP contribution in [0.25, 0.3) is 0 Å². The van der Waals surface area contributed by atoms with Gasteiger partial charge >= 0.3 is 5.97 Å². The van der Waals surface area contributed by atoms with Crippen molar-refractivity contribution in [3.63, 3.8) is 0 Å². The molecule has 0 aliphatic carbocycles. The standard InChI is InChI=1S/C22H30N4O3.HI/c1-16-19(21(27)28-3)13-18(29-16)14-24-22(23-2)25-15-20(26-11-7-8-12-26)17-9-5-4-6-10-17;/h4-6,9-10,13,20H,7-8,11-12,14-15H2,1-3H3,(H2,23,24,25);1H. The number of likely N-dealkylation sites (tertiary alicyclic amines) is 1. The number of hydrogen-bond donors (Lipinski definition) is 2. The van der Waals surface area contributed by atoms with Gasteiger partial charge in [-0.1, -0.05) is 30.3 Å². The summed E-state index contributed by atoms with van der Waals surface area (Å²) >= 11 is 0. The number of ether oxygens (including phenoxy) is 1. The van der Waals surface area contributed by atoms with E-state index in [1.165, 1.54) is 25.5 Å². The van der Waals surface area contributed by atoms with E-state index >= 15 is 0 Å². The smallest absolute Gasteiger partial charge is 0.341 e. The second kappa shape index (κ2) is 11.9. The first-order valence-electron chi connectivity index (χ1n) is 10.0. The molecule has 2 aromatic rings. The maximum atomic E-state index is 11.7. The normalized spacial score (nSPS) is 15.4. The number of nitrogens with one attached hydrogen (secondary N) is 2. The molecule has 1 atom stereocenters. The lowest BCUT2D eigenvalue weighted by Gasteiger charge is -2.28. The van der Waals surface area contributed by atoms with E-state index in [-0.39, 0.29) is 24.0 Å². The number of nitrogens with zero attached hydrogens (tertiary/aromatic N) is 2. The number of benzene rings is 1. The molecule has 30 heavy (non-hydrogen) atoms. The summed E-state index contributed by atoms with van der Waals surface area (Å²) in [7, 11) is 3.11. The first kappa shape index (κ1) is 24.2. The molecule has 1 aliphatic rings. The molecule has 1 fully saturated rings. The van der Waals surface area contributed by atoms with E-state index in [1.54, 1.807) is 20.0 Å². The third-order valence-corrected chi connectivity index (χ3v) is 5.26. The average Bonchev–Trinajstić information content (AvgIpc) is 3.40. The second-order valence-corrected chi connectivity index (χ2v) is 7.15. The first-order chi connectivity index (χ1) is 14.1. The molecular weight excluding hydrogens is 495 g/mol. The summed E-state index contributed by atoms with van der Waals surface area (Å²) in [5.74, 6) is 1.51. The molecule has 1 aromatic heterocycles. The van der Waals surface area contributed by atoms with Crippen LogP contribution in [-0.4, -0.2) is 50.6 Å². The van der Waals surface area contributed by atoms with E-state index in [0.717, 1.165) is 19.6 Å². The van der Waals surface area contributed by atoms with Crippen molar-refractivity contribution in [3.05, 3.63) is 59.0 Å². The SMILES string of the molecule is CN=C(NCc1cc(C(=O)OC)c(C)o1)NCC(c1ccccc1)N1CCCC1.I. The monoisotopic (exact) mass is 526 g/mol. The average molecular weight is 526 g/mol. The van der Waals surface area contributed by atoms with Gasteiger partial charge in [-0.3, -0.25) is 9.89 Å². The van der Waals surface area contributed by atoms with Crippen LogP contribution < -0.4 is 10.6 Å². The van der Waals surface area contributed by atoms with Gasteiger partial charge in [0.15, 0.2) is 5.96 Å². The minimum absolute atomic E-state index is 0. The van der Waals surface area contributed by atoms with Crippen molar-refractivity contribution >= 4 is 35.9 Å². The lowest BCUT2D eigenvalue weighted by atomic mass is 10.1. The van der Waals surface area contributed by atoms with Crippen molar-refractivity contribution in [2.24, 2.45) is 4.99 Å². The van der Waals surface area contributed by atoms with Gasteiger partial charge in [0.25, 0.3) is 0 Å². The fourth-order valence-electron chi connectivity index (χ4n) is 3.71. The molecule has 1 unspecified atom stereocenters. The summed E-state index contributed by atoms with van der Waals surface area (Å²) in [6.07, 6.45) is 2.49. The maximum Gasteiger partial charge on any atom is 0.341 e. The fraction of sp³-hybridized carbons (Fsp3) is 0.455. The molecule has 1 aliphatic heterocycles. The van der Waals surface area contributed by atoms with Gasteiger partial charge in [0, 0.05) is 13.6 Å². The number of aliphatic imine (C=N–C) groups is 1. The van der Waals surface area contributed by atoms with Crippen LogP contribution in [-0.2, 0) is 11.3 Å². The summed E-state index contributed by atoms with van der Waals surface area (Å²) in [6, 6.07) is 12.6. The topological polar surface area (TPSA) is 79.1 Å². The highest BCUT2D eigenvalue weighted by Crippen LogP contribution is 2.24. The Balaban J connectivity index is 0.00000320. The van der Waals surface area contributed by atoms with E-state index in [0.29, 0.717) is 35.6 Å². The fourth-order valence-corrected chi connectivity index (χ4v) is 3.71. The van der Waals surface area contributed by atoms with E-state index in [9.17, 15) is 4.79 Å². The number of esters is 1. The van der Waals surface area contributed by atoms with Crippen molar-refractivity contribution in [3.8, 4) is 0 Å². The van der Waals surface area contributed by atoms with Crippen molar-refractivity contribution in [2.45, 2.75) is 32.4 Å². The van der Waals surface area contributed by atoms with Crippen molar-refractivity contribution in [1.29, 1.82) is 0 Å². The van der Waals surface area contributed by atoms with Gasteiger partial charge in [0.05, 0.1) is 19.7 Å². The van der Waals surface area contributed by atoms with Crippen LogP contribution in [0.15, 0.2) is 45.8 Å². The van der Waals surface area contributed by atoms with E-state index < -0.39 is 5.97 Å². The second-order valence-electron chi connectivity index (χ2n) is 7.15. The summed E-state index contributed by atoms with van der Waals surface area (Å²) in [5.41, 5.74) is 1.76. The number of aryl methyl sites for hydroxylation is 1. The van der Waals surface area contributed by atoms with Gasteiger partial charge in [0.2, 0.25) is 0 Å². The van der Waals surface area contributed by atoms with Gasteiger partial charge in [0.1, 0.15) is 17.1 Å².